The minimum Gasteiger partial charge on any atom is -0.465 e. The Morgan fingerprint density at radius 3 is 2.71 bits per heavy atom. The van der Waals surface area contributed by atoms with E-state index in [2.05, 4.69) is 15.3 Å². The second-order valence-corrected chi connectivity index (χ2v) is 6.21. The van der Waals surface area contributed by atoms with Gasteiger partial charge in [0.15, 0.2) is 11.2 Å². The lowest BCUT2D eigenvalue weighted by atomic mass is 10.1. The van der Waals surface area contributed by atoms with Gasteiger partial charge < -0.3 is 4.74 Å². The largest absolute Gasteiger partial charge is 0.465 e. The van der Waals surface area contributed by atoms with Crippen molar-refractivity contribution >= 4 is 33.4 Å². The number of aromatic nitrogens is 5. The van der Waals surface area contributed by atoms with Crippen molar-refractivity contribution in [3.63, 3.8) is 0 Å². The molecule has 0 atom stereocenters. The summed E-state index contributed by atoms with van der Waals surface area (Å²) in [6.45, 7) is 0. The fourth-order valence-corrected chi connectivity index (χ4v) is 3.35. The first-order valence-corrected chi connectivity index (χ1v) is 8.51. The quantitative estimate of drug-likeness (QED) is 0.443. The van der Waals surface area contributed by atoms with E-state index in [9.17, 15) is 9.59 Å². The van der Waals surface area contributed by atoms with Gasteiger partial charge in [0, 0.05) is 11.6 Å². The first kappa shape index (κ1) is 16.1. The summed E-state index contributed by atoms with van der Waals surface area (Å²) in [6, 6.07) is 15.3. The zero-order valence-electron chi connectivity index (χ0n) is 14.7. The van der Waals surface area contributed by atoms with Crippen molar-refractivity contribution in [2.75, 3.05) is 7.11 Å². The molecule has 5 aromatic rings. The summed E-state index contributed by atoms with van der Waals surface area (Å²) in [7, 11) is 1.28. The fourth-order valence-electron chi connectivity index (χ4n) is 3.35. The van der Waals surface area contributed by atoms with Crippen molar-refractivity contribution in [2.45, 2.75) is 0 Å². The third-order valence-electron chi connectivity index (χ3n) is 4.69. The van der Waals surface area contributed by atoms with Crippen LogP contribution in [-0.2, 0) is 4.74 Å². The Labute approximate surface area is 157 Å². The van der Waals surface area contributed by atoms with E-state index in [0.29, 0.717) is 5.52 Å². The van der Waals surface area contributed by atoms with Gasteiger partial charge in [0.25, 0.3) is 5.56 Å². The van der Waals surface area contributed by atoms with Gasteiger partial charge in [-0.3, -0.25) is 9.36 Å². The van der Waals surface area contributed by atoms with E-state index in [1.54, 1.807) is 12.3 Å². The average molecular weight is 371 g/mol. The van der Waals surface area contributed by atoms with Crippen LogP contribution in [0.3, 0.4) is 0 Å². The molecule has 8 heteroatoms. The highest BCUT2D eigenvalue weighted by atomic mass is 16.5. The van der Waals surface area contributed by atoms with Gasteiger partial charge >= 0.3 is 5.97 Å². The number of nitrogens with zero attached hydrogens (tertiary/aromatic N) is 5. The molecule has 0 spiro atoms. The Bertz CT molecular complexity index is 1450. The Kier molecular flexibility index (Phi) is 3.45. The van der Waals surface area contributed by atoms with Crippen LogP contribution in [0.15, 0.2) is 65.7 Å². The molecule has 0 aliphatic carbocycles. The summed E-state index contributed by atoms with van der Waals surface area (Å²) in [5.41, 5.74) is 1.47. The molecule has 0 unspecified atom stereocenters. The number of ether oxygens (including phenoxy) is 1. The van der Waals surface area contributed by atoms with Crippen LogP contribution in [0.1, 0.15) is 10.4 Å². The number of pyridine rings is 1. The van der Waals surface area contributed by atoms with Crippen LogP contribution < -0.4 is 5.56 Å². The number of hydrogen-bond donors (Lipinski definition) is 0. The molecule has 5 rings (SSSR count). The second-order valence-electron chi connectivity index (χ2n) is 6.21. The summed E-state index contributed by atoms with van der Waals surface area (Å²) in [6.07, 6.45) is 3.03. The number of rotatable bonds is 2. The van der Waals surface area contributed by atoms with Crippen LogP contribution in [0, 0.1) is 0 Å². The lowest BCUT2D eigenvalue weighted by molar-refractivity contribution is 0.0602. The highest BCUT2D eigenvalue weighted by molar-refractivity contribution is 5.96. The maximum absolute atomic E-state index is 13.1. The van der Waals surface area contributed by atoms with Crippen molar-refractivity contribution in [2.24, 2.45) is 0 Å². The number of methoxy groups -OCH3 is 1. The number of fused-ring (bicyclic) bond motifs is 4. The summed E-state index contributed by atoms with van der Waals surface area (Å²) >= 11 is 0. The first-order valence-electron chi connectivity index (χ1n) is 8.51. The fraction of sp³-hybridized carbons (Fsp3) is 0.0500. The van der Waals surface area contributed by atoms with Gasteiger partial charge in [-0.05, 0) is 17.5 Å². The van der Waals surface area contributed by atoms with Crippen LogP contribution in [-0.4, -0.2) is 37.5 Å². The molecule has 28 heavy (non-hydrogen) atoms. The molecular formula is C20H13N5O3. The number of carbonyl (C=O) groups is 1. The van der Waals surface area contributed by atoms with Crippen LogP contribution in [0.4, 0.5) is 0 Å². The molecule has 0 saturated carbocycles. The topological polar surface area (TPSA) is 91.4 Å². The molecule has 3 heterocycles. The average Bonchev–Trinajstić information content (AvgIpc) is 3.18. The summed E-state index contributed by atoms with van der Waals surface area (Å²) < 4.78 is 7.69. The minimum absolute atomic E-state index is 0.155. The molecule has 0 N–H and O–H groups in total. The predicted molar refractivity (Wildman–Crippen MR) is 103 cm³/mol. The number of carbonyl (C=O) groups excluding carboxylic acids is 1. The molecule has 3 aromatic heterocycles. The van der Waals surface area contributed by atoms with Crippen molar-refractivity contribution in [1.29, 1.82) is 0 Å². The van der Waals surface area contributed by atoms with Crippen LogP contribution in [0.25, 0.3) is 33.1 Å². The van der Waals surface area contributed by atoms with Gasteiger partial charge in [0.2, 0.25) is 0 Å². The molecule has 0 bridgehead atoms. The second kappa shape index (κ2) is 5.98. The van der Waals surface area contributed by atoms with E-state index in [-0.39, 0.29) is 22.3 Å². The Balaban J connectivity index is 1.79. The molecule has 0 aliphatic heterocycles. The van der Waals surface area contributed by atoms with Crippen molar-refractivity contribution < 1.29 is 9.53 Å². The Hall–Kier alpha value is -4.07. The first-order chi connectivity index (χ1) is 13.7. The van der Waals surface area contributed by atoms with Gasteiger partial charge in [-0.2, -0.15) is 5.10 Å². The van der Waals surface area contributed by atoms with Crippen LogP contribution in [0.5, 0.6) is 0 Å². The number of hydrogen-bond acceptors (Lipinski definition) is 6. The molecule has 136 valence electrons. The van der Waals surface area contributed by atoms with Gasteiger partial charge in [0.1, 0.15) is 11.1 Å². The summed E-state index contributed by atoms with van der Waals surface area (Å²) in [4.78, 5) is 25.0. The van der Waals surface area contributed by atoms with E-state index in [1.807, 2.05) is 42.5 Å². The van der Waals surface area contributed by atoms with Gasteiger partial charge in [-0.25, -0.2) is 9.31 Å². The maximum Gasteiger partial charge on any atom is 0.343 e. The smallest absolute Gasteiger partial charge is 0.343 e. The zero-order valence-corrected chi connectivity index (χ0v) is 14.7. The molecule has 0 fully saturated rings. The van der Waals surface area contributed by atoms with E-state index >= 15 is 0 Å². The van der Waals surface area contributed by atoms with Gasteiger partial charge in [0.05, 0.1) is 19.0 Å². The van der Waals surface area contributed by atoms with Crippen molar-refractivity contribution in [3.8, 4) is 5.69 Å². The van der Waals surface area contributed by atoms with E-state index in [4.69, 9.17) is 4.74 Å². The molecule has 0 radical (unpaired) electrons. The number of benzene rings is 2. The third kappa shape index (κ3) is 2.21. The summed E-state index contributed by atoms with van der Waals surface area (Å²) in [5.74, 6) is -0.562. The maximum atomic E-state index is 13.1. The van der Waals surface area contributed by atoms with E-state index in [1.165, 1.54) is 22.4 Å². The molecule has 2 aromatic carbocycles. The molecule has 0 amide bonds. The van der Waals surface area contributed by atoms with Crippen molar-refractivity contribution in [3.05, 3.63) is 76.8 Å². The lowest BCUT2D eigenvalue weighted by Crippen LogP contribution is -2.20. The molecule has 0 saturated heterocycles. The van der Waals surface area contributed by atoms with E-state index < -0.39 is 5.97 Å². The SMILES string of the molecule is COC(=O)c1cnn2c1nnc1c(=O)n(-c3cccc4ccccc34)ccc12. The van der Waals surface area contributed by atoms with Crippen LogP contribution >= 0.6 is 0 Å². The van der Waals surface area contributed by atoms with Gasteiger partial charge in [-0.1, -0.05) is 36.4 Å². The Morgan fingerprint density at radius 2 is 1.86 bits per heavy atom. The minimum atomic E-state index is -0.562. The monoisotopic (exact) mass is 371 g/mol. The zero-order chi connectivity index (χ0) is 19.3. The Morgan fingerprint density at radius 1 is 1.04 bits per heavy atom. The number of esters is 1. The molecule has 8 nitrogen and oxygen atoms in total. The summed E-state index contributed by atoms with van der Waals surface area (Å²) in [5, 5.41) is 14.3. The molecular weight excluding hydrogens is 358 g/mol. The van der Waals surface area contributed by atoms with Crippen LogP contribution in [0.2, 0.25) is 0 Å². The van der Waals surface area contributed by atoms with Gasteiger partial charge in [-0.15, -0.1) is 10.2 Å². The third-order valence-corrected chi connectivity index (χ3v) is 4.69. The highest BCUT2D eigenvalue weighted by Crippen LogP contribution is 2.22. The van der Waals surface area contributed by atoms with E-state index in [0.717, 1.165) is 16.5 Å². The normalized spacial score (nSPS) is 11.3. The lowest BCUT2D eigenvalue weighted by Gasteiger charge is -2.10. The predicted octanol–water partition coefficient (Wildman–Crippen LogP) is 2.37. The highest BCUT2D eigenvalue weighted by Gasteiger charge is 2.18. The molecule has 0 aliphatic rings. The standard InChI is InChI=1S/C20H13N5O3/c1-28-20(27)14-11-21-25-16-9-10-24(19(26)17(16)22-23-18(14)25)15-8-4-6-12-5-2-3-7-13(12)15/h2-11H,1H3. The van der Waals surface area contributed by atoms with Crippen molar-refractivity contribution in [1.82, 2.24) is 24.4 Å².